The average molecular weight is 1040 g/mol. The molecule has 2 aliphatic heterocycles. The molecule has 390 valence electrons. The van der Waals surface area contributed by atoms with Crippen molar-refractivity contribution in [2.24, 2.45) is 5.11 Å². The lowest BCUT2D eigenvalue weighted by Crippen LogP contribution is -2.65. The summed E-state index contributed by atoms with van der Waals surface area (Å²) in [7, 11) is 0. The zero-order valence-electron chi connectivity index (χ0n) is 40.2. The highest BCUT2D eigenvalue weighted by molar-refractivity contribution is 5.92. The summed E-state index contributed by atoms with van der Waals surface area (Å²) in [5.41, 5.74) is 9.44. The number of carbonyl (C=O) groups is 6. The molecule has 0 saturated carbocycles. The second-order valence-corrected chi connectivity index (χ2v) is 16.8. The van der Waals surface area contributed by atoms with Crippen molar-refractivity contribution in [1.29, 1.82) is 0 Å². The standard InChI is InChI=1S/C56H49N3O17/c57-59-58-31-32-67-55-47(75-53(65)39-27-15-5-16-28-39)46(74-52(64)38-25-13-4-14-26-38)44(72-50(62)36-21-9-2-10-22-36)42(70-55)34-68-56-48(76-54(66)40-29-17-6-18-30-40)45(73-51(63)37-23-11-3-12-24-37)43(41(33-60)69-56)71-49(61)35-19-7-1-8-20-35/h1-30,41-48,55-56,60H,31-34H2/t41?,42?,43-,44-,45+,46+,47-,48-,55-,56-/m1/s1. The van der Waals surface area contributed by atoms with Gasteiger partial charge in [-0.25, -0.2) is 28.8 Å². The Balaban J connectivity index is 1.21. The Labute approximate surface area is 434 Å². The van der Waals surface area contributed by atoms with E-state index in [1.54, 1.807) is 109 Å². The number of esters is 6. The highest BCUT2D eigenvalue weighted by atomic mass is 16.8. The van der Waals surface area contributed by atoms with Crippen LogP contribution in [0.3, 0.4) is 0 Å². The average Bonchev–Trinajstić information content (AvgIpc) is 3.49. The number of azide groups is 1. The third-order valence-electron chi connectivity index (χ3n) is 11.8. The summed E-state index contributed by atoms with van der Waals surface area (Å²) in [4.78, 5) is 87.0. The molecule has 0 aliphatic carbocycles. The number of ether oxygens (including phenoxy) is 10. The Kier molecular flexibility index (Phi) is 18.6. The van der Waals surface area contributed by atoms with Gasteiger partial charge in [0.25, 0.3) is 0 Å². The number of rotatable bonds is 20. The van der Waals surface area contributed by atoms with Crippen molar-refractivity contribution in [3.05, 3.63) is 226 Å². The van der Waals surface area contributed by atoms with E-state index in [1.807, 2.05) is 0 Å². The lowest BCUT2D eigenvalue weighted by Gasteiger charge is -2.46. The van der Waals surface area contributed by atoms with Gasteiger partial charge in [-0.1, -0.05) is 114 Å². The second kappa shape index (κ2) is 26.5. The van der Waals surface area contributed by atoms with Gasteiger partial charge in [-0.05, 0) is 78.3 Å². The summed E-state index contributed by atoms with van der Waals surface area (Å²) >= 11 is 0. The zero-order chi connectivity index (χ0) is 53.2. The summed E-state index contributed by atoms with van der Waals surface area (Å²) < 4.78 is 61.9. The smallest absolute Gasteiger partial charge is 0.338 e. The molecular formula is C56H49N3O17. The fourth-order valence-electron chi connectivity index (χ4n) is 8.15. The van der Waals surface area contributed by atoms with E-state index in [0.717, 1.165) is 0 Å². The van der Waals surface area contributed by atoms with Gasteiger partial charge in [0.1, 0.15) is 12.2 Å². The van der Waals surface area contributed by atoms with Crippen molar-refractivity contribution in [3.63, 3.8) is 0 Å². The van der Waals surface area contributed by atoms with Gasteiger partial charge < -0.3 is 52.5 Å². The number of hydrogen-bond donors (Lipinski definition) is 1. The SMILES string of the molecule is [N-]=[N+]=NCCO[C@@H]1OC(CO[C@@H]2OC(CO)[C@@H](OC(=O)c3ccccc3)[C@H](OC(=O)c3ccccc3)[C@H]2OC(=O)c2ccccc2)[C@@H](OC(=O)c2ccccc2)[C@H](OC(=O)c2ccccc2)[C@H]1OC(=O)c1ccccc1. The molecule has 10 atom stereocenters. The van der Waals surface area contributed by atoms with Crippen LogP contribution in [0.25, 0.3) is 10.4 Å². The monoisotopic (exact) mass is 1040 g/mol. The molecule has 2 fully saturated rings. The van der Waals surface area contributed by atoms with Crippen LogP contribution in [0.5, 0.6) is 0 Å². The van der Waals surface area contributed by atoms with E-state index in [9.17, 15) is 33.9 Å². The summed E-state index contributed by atoms with van der Waals surface area (Å²) in [6.07, 6.45) is -17.2. The molecule has 6 aromatic rings. The van der Waals surface area contributed by atoms with Crippen LogP contribution >= 0.6 is 0 Å². The minimum absolute atomic E-state index is 0.0416. The van der Waals surface area contributed by atoms with E-state index in [1.165, 1.54) is 72.8 Å². The first-order chi connectivity index (χ1) is 37.1. The Bertz CT molecular complexity index is 2940. The van der Waals surface area contributed by atoms with Crippen LogP contribution in [0.4, 0.5) is 0 Å². The second-order valence-electron chi connectivity index (χ2n) is 16.8. The van der Waals surface area contributed by atoms with Crippen LogP contribution in [0.15, 0.2) is 187 Å². The van der Waals surface area contributed by atoms with Crippen molar-refractivity contribution in [1.82, 2.24) is 0 Å². The molecule has 76 heavy (non-hydrogen) atoms. The Morgan fingerprint density at radius 2 is 0.684 bits per heavy atom. The van der Waals surface area contributed by atoms with Crippen LogP contribution in [-0.4, -0.2) is 129 Å². The maximum atomic E-state index is 14.2. The fraction of sp³-hybridized carbons (Fsp3) is 0.250. The van der Waals surface area contributed by atoms with E-state index in [0.29, 0.717) is 0 Å². The molecule has 6 aromatic carbocycles. The topological polar surface area (TPSA) is 264 Å². The van der Waals surface area contributed by atoms with Gasteiger partial charge >= 0.3 is 35.8 Å². The van der Waals surface area contributed by atoms with E-state index < -0.39 is 110 Å². The number of hydrogen-bond acceptors (Lipinski definition) is 18. The molecule has 0 aromatic heterocycles. The van der Waals surface area contributed by atoms with Gasteiger partial charge in [-0.2, -0.15) is 0 Å². The molecule has 8 rings (SSSR count). The van der Waals surface area contributed by atoms with Crippen LogP contribution in [0, 0.1) is 0 Å². The van der Waals surface area contributed by atoms with Crippen LogP contribution in [0.1, 0.15) is 62.1 Å². The van der Waals surface area contributed by atoms with Crippen molar-refractivity contribution in [2.45, 2.75) is 61.4 Å². The maximum Gasteiger partial charge on any atom is 0.338 e. The van der Waals surface area contributed by atoms with E-state index in [-0.39, 0.29) is 46.5 Å². The largest absolute Gasteiger partial charge is 0.452 e. The van der Waals surface area contributed by atoms with Gasteiger partial charge in [-0.15, -0.1) is 0 Å². The molecule has 0 spiro atoms. The Morgan fingerprint density at radius 3 is 1.00 bits per heavy atom. The quantitative estimate of drug-likeness (QED) is 0.0199. The first-order valence-corrected chi connectivity index (χ1v) is 23.8. The van der Waals surface area contributed by atoms with Gasteiger partial charge in [-0.3, -0.25) is 0 Å². The zero-order valence-corrected chi connectivity index (χ0v) is 40.2. The number of nitrogens with zero attached hydrogens (tertiary/aromatic N) is 3. The summed E-state index contributed by atoms with van der Waals surface area (Å²) in [5, 5.41) is 14.5. The van der Waals surface area contributed by atoms with E-state index in [4.69, 9.17) is 52.9 Å². The van der Waals surface area contributed by atoms with Crippen LogP contribution in [-0.2, 0) is 47.4 Å². The van der Waals surface area contributed by atoms with Gasteiger partial charge in [0.15, 0.2) is 49.2 Å². The van der Waals surface area contributed by atoms with E-state index >= 15 is 0 Å². The lowest BCUT2D eigenvalue weighted by molar-refractivity contribution is -0.328. The van der Waals surface area contributed by atoms with Crippen LogP contribution in [0.2, 0.25) is 0 Å². The minimum atomic E-state index is -1.84. The third kappa shape index (κ3) is 13.7. The molecule has 2 unspecified atom stereocenters. The molecule has 2 aliphatic rings. The van der Waals surface area contributed by atoms with Crippen LogP contribution < -0.4 is 0 Å². The minimum Gasteiger partial charge on any atom is -0.452 e. The first-order valence-electron chi connectivity index (χ1n) is 23.8. The third-order valence-corrected chi connectivity index (χ3v) is 11.8. The number of aliphatic hydroxyl groups excluding tert-OH is 1. The Morgan fingerprint density at radius 1 is 0.408 bits per heavy atom. The van der Waals surface area contributed by atoms with Gasteiger partial charge in [0, 0.05) is 11.5 Å². The molecule has 0 radical (unpaired) electrons. The maximum absolute atomic E-state index is 14.2. The summed E-state index contributed by atoms with van der Waals surface area (Å²) in [5.74, 6) is -5.65. The molecular weight excluding hydrogens is 987 g/mol. The van der Waals surface area contributed by atoms with Crippen molar-refractivity contribution in [2.75, 3.05) is 26.4 Å². The lowest BCUT2D eigenvalue weighted by atomic mass is 9.96. The molecule has 0 bridgehead atoms. The van der Waals surface area contributed by atoms with Crippen molar-refractivity contribution >= 4 is 35.8 Å². The molecule has 2 saturated heterocycles. The van der Waals surface area contributed by atoms with Gasteiger partial charge in [0.05, 0.1) is 53.2 Å². The molecule has 20 nitrogen and oxygen atoms in total. The molecule has 1 N–H and O–H groups in total. The van der Waals surface area contributed by atoms with Crippen molar-refractivity contribution < 1.29 is 81.2 Å². The van der Waals surface area contributed by atoms with Crippen molar-refractivity contribution in [3.8, 4) is 0 Å². The normalized spacial score (nSPS) is 22.8. The predicted molar refractivity (Wildman–Crippen MR) is 264 cm³/mol. The number of aliphatic hydroxyl groups is 1. The predicted octanol–water partition coefficient (Wildman–Crippen LogP) is 7.13. The number of benzene rings is 6. The van der Waals surface area contributed by atoms with Gasteiger partial charge in [0.2, 0.25) is 0 Å². The summed E-state index contributed by atoms with van der Waals surface area (Å²) in [6, 6.07) is 46.6. The fourth-order valence-corrected chi connectivity index (χ4v) is 8.15. The molecule has 20 heteroatoms. The highest BCUT2D eigenvalue weighted by Gasteiger charge is 2.56. The Hall–Kier alpha value is -8.75. The molecule has 0 amide bonds. The van der Waals surface area contributed by atoms with E-state index in [2.05, 4.69) is 10.0 Å². The molecule has 2 heterocycles. The summed E-state index contributed by atoms with van der Waals surface area (Å²) in [6.45, 7) is -2.22. The highest BCUT2D eigenvalue weighted by Crippen LogP contribution is 2.35. The number of carbonyl (C=O) groups excluding carboxylic acids is 6. The first kappa shape index (κ1) is 53.5.